The molecule has 104 valence electrons. The Labute approximate surface area is 117 Å². The molecule has 2 aliphatic rings. The van der Waals surface area contributed by atoms with Crippen molar-refractivity contribution in [2.75, 3.05) is 6.54 Å². The third-order valence-electron chi connectivity index (χ3n) is 6.44. The van der Waals surface area contributed by atoms with Gasteiger partial charge in [-0.1, -0.05) is 51.1 Å². The van der Waals surface area contributed by atoms with Gasteiger partial charge >= 0.3 is 0 Å². The lowest BCUT2D eigenvalue weighted by Crippen LogP contribution is -2.45. The lowest BCUT2D eigenvalue weighted by Gasteiger charge is -2.39. The summed E-state index contributed by atoms with van der Waals surface area (Å²) < 4.78 is 0. The summed E-state index contributed by atoms with van der Waals surface area (Å²) in [5.74, 6) is 0.937. The topological polar surface area (TPSA) is 12.0 Å². The molecule has 2 fully saturated rings. The molecule has 3 rings (SSSR count). The van der Waals surface area contributed by atoms with E-state index in [9.17, 15) is 0 Å². The molecule has 0 saturated heterocycles. The summed E-state index contributed by atoms with van der Waals surface area (Å²) >= 11 is 0. The van der Waals surface area contributed by atoms with E-state index in [2.05, 4.69) is 56.4 Å². The summed E-state index contributed by atoms with van der Waals surface area (Å²) in [6.45, 7) is 8.61. The fourth-order valence-corrected chi connectivity index (χ4v) is 4.55. The zero-order valence-corrected chi connectivity index (χ0v) is 12.6. The van der Waals surface area contributed by atoms with Gasteiger partial charge in [-0.25, -0.2) is 0 Å². The second-order valence-corrected chi connectivity index (χ2v) is 7.35. The van der Waals surface area contributed by atoms with E-state index in [1.807, 2.05) is 0 Å². The van der Waals surface area contributed by atoms with E-state index in [1.165, 1.54) is 24.8 Å². The SMILES string of the molecule is CC1(C)[C@H]2CC[C@]1(C)[C@H](NCCc1ccccc1)C2. The Bertz CT molecular complexity index is 436. The highest BCUT2D eigenvalue weighted by molar-refractivity contribution is 5.16. The average molecular weight is 257 g/mol. The predicted molar refractivity (Wildman–Crippen MR) is 81.2 cm³/mol. The van der Waals surface area contributed by atoms with Crippen LogP contribution in [0.1, 0.15) is 45.6 Å². The first-order valence-electron chi connectivity index (χ1n) is 7.81. The van der Waals surface area contributed by atoms with E-state index in [4.69, 9.17) is 0 Å². The molecule has 19 heavy (non-hydrogen) atoms. The first kappa shape index (κ1) is 13.2. The van der Waals surface area contributed by atoms with Gasteiger partial charge in [0.15, 0.2) is 0 Å². The lowest BCUT2D eigenvalue weighted by molar-refractivity contribution is 0.121. The van der Waals surface area contributed by atoms with Gasteiger partial charge in [-0.3, -0.25) is 0 Å². The van der Waals surface area contributed by atoms with Crippen molar-refractivity contribution in [3.63, 3.8) is 0 Å². The van der Waals surface area contributed by atoms with E-state index in [-0.39, 0.29) is 0 Å². The van der Waals surface area contributed by atoms with Gasteiger partial charge in [-0.05, 0) is 54.5 Å². The Balaban J connectivity index is 1.58. The third kappa shape index (κ3) is 2.03. The van der Waals surface area contributed by atoms with Crippen LogP contribution in [0.25, 0.3) is 0 Å². The Morgan fingerprint density at radius 2 is 1.89 bits per heavy atom. The summed E-state index contributed by atoms with van der Waals surface area (Å²) in [5.41, 5.74) is 2.48. The smallest absolute Gasteiger partial charge is 0.0129 e. The van der Waals surface area contributed by atoms with Crippen LogP contribution in [0.4, 0.5) is 0 Å². The zero-order chi connectivity index (χ0) is 13.5. The molecule has 0 unspecified atom stereocenters. The molecule has 0 radical (unpaired) electrons. The maximum atomic E-state index is 3.86. The molecule has 0 heterocycles. The first-order valence-corrected chi connectivity index (χ1v) is 7.81. The maximum absolute atomic E-state index is 3.86. The molecule has 0 aliphatic heterocycles. The quantitative estimate of drug-likeness (QED) is 0.858. The number of benzene rings is 1. The van der Waals surface area contributed by atoms with Crippen LogP contribution in [0, 0.1) is 16.7 Å². The predicted octanol–water partition coefficient (Wildman–Crippen LogP) is 4.03. The van der Waals surface area contributed by atoms with Crippen LogP contribution in [0.5, 0.6) is 0 Å². The van der Waals surface area contributed by atoms with Crippen molar-refractivity contribution in [2.45, 2.75) is 52.5 Å². The zero-order valence-electron chi connectivity index (χ0n) is 12.6. The van der Waals surface area contributed by atoms with E-state index in [0.29, 0.717) is 10.8 Å². The molecular formula is C18H27N. The number of hydrogen-bond donors (Lipinski definition) is 1. The summed E-state index contributed by atoms with van der Waals surface area (Å²) in [6, 6.07) is 11.6. The summed E-state index contributed by atoms with van der Waals surface area (Å²) in [4.78, 5) is 0. The molecule has 1 nitrogen and oxygen atoms in total. The van der Waals surface area contributed by atoms with Gasteiger partial charge in [-0.2, -0.15) is 0 Å². The monoisotopic (exact) mass is 257 g/mol. The molecule has 2 aliphatic carbocycles. The maximum Gasteiger partial charge on any atom is 0.0129 e. The Morgan fingerprint density at radius 1 is 1.16 bits per heavy atom. The molecule has 1 aromatic carbocycles. The average Bonchev–Trinajstić information content (AvgIpc) is 2.73. The molecule has 0 aromatic heterocycles. The van der Waals surface area contributed by atoms with Gasteiger partial charge in [0, 0.05) is 6.04 Å². The lowest BCUT2D eigenvalue weighted by atomic mass is 9.69. The third-order valence-corrected chi connectivity index (χ3v) is 6.44. The van der Waals surface area contributed by atoms with Gasteiger partial charge in [-0.15, -0.1) is 0 Å². The van der Waals surface area contributed by atoms with Gasteiger partial charge in [0.2, 0.25) is 0 Å². The molecule has 2 bridgehead atoms. The van der Waals surface area contributed by atoms with Crippen molar-refractivity contribution in [2.24, 2.45) is 16.7 Å². The first-order chi connectivity index (χ1) is 9.04. The molecule has 0 amide bonds. The van der Waals surface area contributed by atoms with Gasteiger partial charge in [0.1, 0.15) is 0 Å². The summed E-state index contributed by atoms with van der Waals surface area (Å²) in [7, 11) is 0. The van der Waals surface area contributed by atoms with E-state index >= 15 is 0 Å². The summed E-state index contributed by atoms with van der Waals surface area (Å²) in [6.07, 6.45) is 5.39. The molecular weight excluding hydrogens is 230 g/mol. The second kappa shape index (κ2) is 4.63. The molecule has 0 spiro atoms. The number of hydrogen-bond acceptors (Lipinski definition) is 1. The van der Waals surface area contributed by atoms with Crippen LogP contribution >= 0.6 is 0 Å². The van der Waals surface area contributed by atoms with E-state index < -0.39 is 0 Å². The van der Waals surface area contributed by atoms with Crippen molar-refractivity contribution in [1.29, 1.82) is 0 Å². The van der Waals surface area contributed by atoms with Crippen LogP contribution in [0.2, 0.25) is 0 Å². The van der Waals surface area contributed by atoms with Crippen molar-refractivity contribution < 1.29 is 0 Å². The highest BCUT2D eigenvalue weighted by Gasteiger charge is 2.60. The second-order valence-electron chi connectivity index (χ2n) is 7.35. The van der Waals surface area contributed by atoms with Gasteiger partial charge < -0.3 is 5.32 Å². The highest BCUT2D eigenvalue weighted by Crippen LogP contribution is 2.65. The summed E-state index contributed by atoms with van der Waals surface area (Å²) in [5, 5.41) is 3.86. The normalized spacial score (nSPS) is 35.7. The van der Waals surface area contributed by atoms with E-state index in [0.717, 1.165) is 24.9 Å². The Morgan fingerprint density at radius 3 is 2.47 bits per heavy atom. The minimum absolute atomic E-state index is 0.508. The standard InChI is InChI=1S/C18H27N/c1-17(2)15-9-11-18(17,3)16(13-15)19-12-10-14-7-5-4-6-8-14/h4-8,15-16,19H,9-13H2,1-3H3/t15-,16+,18+/m0/s1. The largest absolute Gasteiger partial charge is 0.313 e. The van der Waals surface area contributed by atoms with Crippen LogP contribution in [-0.4, -0.2) is 12.6 Å². The van der Waals surface area contributed by atoms with Crippen LogP contribution in [-0.2, 0) is 6.42 Å². The fraction of sp³-hybridized carbons (Fsp3) is 0.667. The van der Waals surface area contributed by atoms with E-state index in [1.54, 1.807) is 0 Å². The van der Waals surface area contributed by atoms with Crippen LogP contribution < -0.4 is 5.32 Å². The Hall–Kier alpha value is -0.820. The van der Waals surface area contributed by atoms with Gasteiger partial charge in [0.05, 0.1) is 0 Å². The number of nitrogens with one attached hydrogen (secondary N) is 1. The number of rotatable bonds is 4. The van der Waals surface area contributed by atoms with Crippen molar-refractivity contribution in [1.82, 2.24) is 5.32 Å². The van der Waals surface area contributed by atoms with Gasteiger partial charge in [0.25, 0.3) is 0 Å². The van der Waals surface area contributed by atoms with Crippen molar-refractivity contribution in [3.8, 4) is 0 Å². The van der Waals surface area contributed by atoms with Crippen molar-refractivity contribution in [3.05, 3.63) is 35.9 Å². The number of fused-ring (bicyclic) bond motifs is 2. The minimum Gasteiger partial charge on any atom is -0.313 e. The molecule has 1 heteroatoms. The molecule has 2 saturated carbocycles. The van der Waals surface area contributed by atoms with Crippen LogP contribution in [0.15, 0.2) is 30.3 Å². The fourth-order valence-electron chi connectivity index (χ4n) is 4.55. The minimum atomic E-state index is 0.508. The molecule has 1 aromatic rings. The van der Waals surface area contributed by atoms with Crippen LogP contribution in [0.3, 0.4) is 0 Å². The molecule has 3 atom stereocenters. The highest BCUT2D eigenvalue weighted by atomic mass is 15.0. The van der Waals surface area contributed by atoms with Crippen molar-refractivity contribution >= 4 is 0 Å². The Kier molecular flexibility index (Phi) is 3.21. The molecule has 1 N–H and O–H groups in total.